The molecule has 7 nitrogen and oxygen atoms in total. The Morgan fingerprint density at radius 2 is 1.63 bits per heavy atom. The summed E-state index contributed by atoms with van der Waals surface area (Å²) in [6, 6.07) is 21.1. The quantitative estimate of drug-likeness (QED) is 0.361. The van der Waals surface area contributed by atoms with E-state index in [1.807, 2.05) is 63.2 Å². The number of aromatic nitrogens is 2. The molecule has 0 spiro atoms. The molecule has 0 radical (unpaired) electrons. The molecular formula is C28H29N3O4. The normalized spacial score (nSPS) is 11.8. The molecule has 3 aromatic carbocycles. The molecule has 7 heteroatoms. The van der Waals surface area contributed by atoms with Crippen LogP contribution in [-0.2, 0) is 0 Å². The monoisotopic (exact) mass is 471 g/mol. The topological polar surface area (TPSA) is 73.7 Å². The van der Waals surface area contributed by atoms with Crippen LogP contribution in [0.1, 0.15) is 43.0 Å². The zero-order valence-electron chi connectivity index (χ0n) is 20.4. The fourth-order valence-electron chi connectivity index (χ4n) is 4.17. The van der Waals surface area contributed by atoms with Gasteiger partial charge >= 0.3 is 0 Å². The van der Waals surface area contributed by atoms with Crippen molar-refractivity contribution in [1.82, 2.24) is 14.5 Å². The Bertz CT molecular complexity index is 1380. The third-order valence-corrected chi connectivity index (χ3v) is 5.99. The van der Waals surface area contributed by atoms with Crippen molar-refractivity contribution in [2.24, 2.45) is 0 Å². The summed E-state index contributed by atoms with van der Waals surface area (Å²) in [6.07, 6.45) is 0. The summed E-state index contributed by atoms with van der Waals surface area (Å²) in [7, 11) is 1.59. The van der Waals surface area contributed by atoms with E-state index in [9.17, 15) is 9.59 Å². The first-order chi connectivity index (χ1) is 17.0. The fraction of sp³-hybridized carbons (Fsp3) is 0.250. The predicted octanol–water partition coefficient (Wildman–Crippen LogP) is 5.02. The maximum Gasteiger partial charge on any atom is 0.266 e. The van der Waals surface area contributed by atoms with Crippen LogP contribution in [0.3, 0.4) is 0 Å². The molecule has 0 saturated carbocycles. The maximum atomic E-state index is 13.7. The number of benzene rings is 3. The van der Waals surface area contributed by atoms with Crippen molar-refractivity contribution >= 4 is 16.8 Å². The van der Waals surface area contributed by atoms with E-state index in [0.717, 1.165) is 5.75 Å². The molecule has 1 atom stereocenters. The van der Waals surface area contributed by atoms with Gasteiger partial charge in [-0.15, -0.1) is 0 Å². The van der Waals surface area contributed by atoms with Gasteiger partial charge in [0, 0.05) is 12.1 Å². The number of hydrogen-bond donors (Lipinski definition) is 0. The van der Waals surface area contributed by atoms with Gasteiger partial charge in [0.05, 0.1) is 36.3 Å². The van der Waals surface area contributed by atoms with Gasteiger partial charge in [-0.25, -0.2) is 4.98 Å². The zero-order chi connectivity index (χ0) is 24.9. The molecule has 0 aliphatic rings. The SMILES string of the molecule is CCOc1ccc(-n2c(C(C)N(CC)C(=O)c3ccc(OC)cc3)nc3ccccc3c2=O)cc1. The van der Waals surface area contributed by atoms with Crippen molar-refractivity contribution < 1.29 is 14.3 Å². The summed E-state index contributed by atoms with van der Waals surface area (Å²) >= 11 is 0. The van der Waals surface area contributed by atoms with Gasteiger partial charge in [0.25, 0.3) is 11.5 Å². The fourth-order valence-corrected chi connectivity index (χ4v) is 4.17. The molecule has 1 amide bonds. The Hall–Kier alpha value is -4.13. The second kappa shape index (κ2) is 10.4. The Kier molecular flexibility index (Phi) is 7.15. The Balaban J connectivity index is 1.83. The summed E-state index contributed by atoms with van der Waals surface area (Å²) in [5, 5.41) is 0.516. The van der Waals surface area contributed by atoms with E-state index in [-0.39, 0.29) is 11.5 Å². The average Bonchev–Trinajstić information content (AvgIpc) is 2.89. The molecule has 180 valence electrons. The molecule has 0 aliphatic carbocycles. The van der Waals surface area contributed by atoms with E-state index >= 15 is 0 Å². The number of nitrogens with zero attached hydrogens (tertiary/aromatic N) is 3. The van der Waals surface area contributed by atoms with Crippen molar-refractivity contribution in [3.8, 4) is 17.2 Å². The van der Waals surface area contributed by atoms with E-state index in [1.54, 1.807) is 46.9 Å². The molecule has 0 N–H and O–H groups in total. The molecule has 4 aromatic rings. The van der Waals surface area contributed by atoms with Crippen LogP contribution in [0.4, 0.5) is 0 Å². The second-order valence-corrected chi connectivity index (χ2v) is 8.05. The number of rotatable bonds is 8. The summed E-state index contributed by atoms with van der Waals surface area (Å²) in [5.74, 6) is 1.74. The second-order valence-electron chi connectivity index (χ2n) is 8.05. The summed E-state index contributed by atoms with van der Waals surface area (Å²) in [6.45, 7) is 6.73. The van der Waals surface area contributed by atoms with Gasteiger partial charge in [0.1, 0.15) is 17.3 Å². The van der Waals surface area contributed by atoms with Crippen LogP contribution in [0.25, 0.3) is 16.6 Å². The van der Waals surface area contributed by atoms with Crippen LogP contribution in [0.15, 0.2) is 77.6 Å². The van der Waals surface area contributed by atoms with Gasteiger partial charge in [0.2, 0.25) is 0 Å². The third-order valence-electron chi connectivity index (χ3n) is 5.99. The Morgan fingerprint density at radius 3 is 2.26 bits per heavy atom. The van der Waals surface area contributed by atoms with E-state index in [1.165, 1.54) is 0 Å². The van der Waals surface area contributed by atoms with Crippen molar-refractivity contribution in [1.29, 1.82) is 0 Å². The lowest BCUT2D eigenvalue weighted by molar-refractivity contribution is 0.0693. The van der Waals surface area contributed by atoms with E-state index in [2.05, 4.69) is 0 Å². The van der Waals surface area contributed by atoms with Crippen LogP contribution >= 0.6 is 0 Å². The van der Waals surface area contributed by atoms with Crippen molar-refractivity contribution in [3.05, 3.63) is 94.5 Å². The predicted molar refractivity (Wildman–Crippen MR) is 137 cm³/mol. The number of amides is 1. The molecule has 35 heavy (non-hydrogen) atoms. The van der Waals surface area contributed by atoms with Crippen LogP contribution in [0.2, 0.25) is 0 Å². The molecular weight excluding hydrogens is 442 g/mol. The van der Waals surface area contributed by atoms with Crippen LogP contribution in [0.5, 0.6) is 11.5 Å². The lowest BCUT2D eigenvalue weighted by Crippen LogP contribution is -2.37. The highest BCUT2D eigenvalue weighted by molar-refractivity contribution is 5.94. The van der Waals surface area contributed by atoms with Gasteiger partial charge in [0.15, 0.2) is 0 Å². The Morgan fingerprint density at radius 1 is 0.971 bits per heavy atom. The van der Waals surface area contributed by atoms with E-state index in [4.69, 9.17) is 14.5 Å². The van der Waals surface area contributed by atoms with Crippen LogP contribution in [0, 0.1) is 0 Å². The minimum atomic E-state index is -0.474. The first-order valence-electron chi connectivity index (χ1n) is 11.7. The number of fused-ring (bicyclic) bond motifs is 1. The zero-order valence-corrected chi connectivity index (χ0v) is 20.4. The van der Waals surface area contributed by atoms with E-state index < -0.39 is 6.04 Å². The molecule has 1 aromatic heterocycles. The highest BCUT2D eigenvalue weighted by Crippen LogP contribution is 2.25. The van der Waals surface area contributed by atoms with Crippen molar-refractivity contribution in [2.45, 2.75) is 26.8 Å². The van der Waals surface area contributed by atoms with Crippen LogP contribution < -0.4 is 15.0 Å². The van der Waals surface area contributed by atoms with Gasteiger partial charge < -0.3 is 14.4 Å². The molecule has 0 saturated heterocycles. The van der Waals surface area contributed by atoms with Gasteiger partial charge in [-0.1, -0.05) is 12.1 Å². The minimum absolute atomic E-state index is 0.150. The molecule has 1 heterocycles. The Labute approximate surface area is 204 Å². The third kappa shape index (κ3) is 4.75. The largest absolute Gasteiger partial charge is 0.497 e. The summed E-state index contributed by atoms with van der Waals surface area (Å²) in [4.78, 5) is 33.7. The molecule has 4 rings (SSSR count). The van der Waals surface area contributed by atoms with E-state index in [0.29, 0.717) is 46.9 Å². The smallest absolute Gasteiger partial charge is 0.266 e. The standard InChI is InChI=1S/C28H29N3O4/c1-5-30(27(32)20-11-15-22(34-4)16-12-20)19(3)26-29-25-10-8-7-9-24(25)28(33)31(26)21-13-17-23(18-14-21)35-6-2/h7-19H,5-6H2,1-4H3. The first-order valence-corrected chi connectivity index (χ1v) is 11.7. The minimum Gasteiger partial charge on any atom is -0.497 e. The first kappa shape index (κ1) is 24.0. The van der Waals surface area contributed by atoms with Gasteiger partial charge in [-0.3, -0.25) is 14.2 Å². The summed E-state index contributed by atoms with van der Waals surface area (Å²) in [5.41, 5.74) is 1.60. The number of carbonyl (C=O) groups excluding carboxylic acids is 1. The van der Waals surface area contributed by atoms with Crippen LogP contribution in [-0.4, -0.2) is 40.6 Å². The lowest BCUT2D eigenvalue weighted by Gasteiger charge is -2.29. The molecule has 0 aliphatic heterocycles. The molecule has 1 unspecified atom stereocenters. The summed E-state index contributed by atoms with van der Waals surface area (Å²) < 4.78 is 12.4. The average molecular weight is 472 g/mol. The number of carbonyl (C=O) groups is 1. The lowest BCUT2D eigenvalue weighted by atomic mass is 10.1. The van der Waals surface area contributed by atoms with Gasteiger partial charge in [-0.2, -0.15) is 0 Å². The molecule has 0 fully saturated rings. The van der Waals surface area contributed by atoms with Crippen molar-refractivity contribution in [2.75, 3.05) is 20.3 Å². The number of methoxy groups -OCH3 is 1. The highest BCUT2D eigenvalue weighted by atomic mass is 16.5. The van der Waals surface area contributed by atoms with Gasteiger partial charge in [-0.05, 0) is 81.4 Å². The number of hydrogen-bond acceptors (Lipinski definition) is 5. The molecule has 0 bridgehead atoms. The number of para-hydroxylation sites is 1. The number of ether oxygens (including phenoxy) is 2. The van der Waals surface area contributed by atoms with Crippen molar-refractivity contribution in [3.63, 3.8) is 0 Å². The highest BCUT2D eigenvalue weighted by Gasteiger charge is 2.26. The maximum absolute atomic E-state index is 13.7.